The van der Waals surface area contributed by atoms with E-state index in [-0.39, 0.29) is 5.91 Å². The van der Waals surface area contributed by atoms with Gasteiger partial charge in [0.05, 0.1) is 0 Å². The molecule has 0 radical (unpaired) electrons. The minimum atomic E-state index is 0.235. The summed E-state index contributed by atoms with van der Waals surface area (Å²) in [6, 6.07) is 5.87. The van der Waals surface area contributed by atoms with Crippen molar-refractivity contribution in [2.75, 3.05) is 33.0 Å². The molecule has 0 aliphatic carbocycles. The summed E-state index contributed by atoms with van der Waals surface area (Å²) < 4.78 is 10.6. The maximum Gasteiger partial charge on any atom is 0.231 e. The highest BCUT2D eigenvalue weighted by atomic mass is 16.7. The van der Waals surface area contributed by atoms with Gasteiger partial charge in [-0.05, 0) is 24.1 Å². The van der Waals surface area contributed by atoms with Gasteiger partial charge in [0.25, 0.3) is 0 Å². The van der Waals surface area contributed by atoms with Crippen LogP contribution < -0.4 is 14.8 Å². The Hall–Kier alpha value is -1.75. The molecule has 2 aliphatic heterocycles. The van der Waals surface area contributed by atoms with Crippen molar-refractivity contribution in [3.8, 4) is 11.5 Å². The summed E-state index contributed by atoms with van der Waals surface area (Å²) in [5.74, 6) is 1.81. The molecule has 102 valence electrons. The fraction of sp³-hybridized carbons (Fsp3) is 0.500. The third kappa shape index (κ3) is 2.81. The molecule has 0 atom stereocenters. The Kier molecular flexibility index (Phi) is 3.55. The van der Waals surface area contributed by atoms with Crippen LogP contribution in [0.1, 0.15) is 12.0 Å². The van der Waals surface area contributed by atoms with E-state index in [0.717, 1.165) is 49.7 Å². The minimum Gasteiger partial charge on any atom is -0.454 e. The normalized spacial score (nSPS) is 17.6. The molecule has 2 heterocycles. The molecule has 1 fully saturated rings. The maximum atomic E-state index is 12.0. The average molecular weight is 262 g/mol. The highest BCUT2D eigenvalue weighted by molar-refractivity contribution is 5.76. The lowest BCUT2D eigenvalue weighted by Gasteiger charge is -2.27. The molecule has 1 aromatic rings. The molecular formula is C14H18N2O3. The van der Waals surface area contributed by atoms with Crippen LogP contribution in [-0.4, -0.2) is 43.8 Å². The first-order valence-electron chi connectivity index (χ1n) is 6.70. The number of aryl methyl sites for hydroxylation is 1. The van der Waals surface area contributed by atoms with Gasteiger partial charge in [-0.3, -0.25) is 4.79 Å². The topological polar surface area (TPSA) is 50.8 Å². The first-order chi connectivity index (χ1) is 9.33. The number of rotatable bonds is 3. The van der Waals surface area contributed by atoms with Crippen LogP contribution in [-0.2, 0) is 11.2 Å². The van der Waals surface area contributed by atoms with Crippen LogP contribution in [0.4, 0.5) is 0 Å². The van der Waals surface area contributed by atoms with E-state index in [1.807, 2.05) is 23.1 Å². The van der Waals surface area contributed by atoms with Crippen molar-refractivity contribution in [2.45, 2.75) is 12.8 Å². The van der Waals surface area contributed by atoms with Gasteiger partial charge in [-0.15, -0.1) is 0 Å². The smallest absolute Gasteiger partial charge is 0.231 e. The third-order valence-corrected chi connectivity index (χ3v) is 3.53. The van der Waals surface area contributed by atoms with Gasteiger partial charge in [-0.1, -0.05) is 6.07 Å². The number of hydrogen-bond donors (Lipinski definition) is 1. The Labute approximate surface area is 112 Å². The average Bonchev–Trinajstić information content (AvgIpc) is 2.93. The lowest BCUT2D eigenvalue weighted by atomic mass is 10.1. The number of carbonyl (C=O) groups excluding carboxylic acids is 1. The van der Waals surface area contributed by atoms with Crippen molar-refractivity contribution < 1.29 is 14.3 Å². The van der Waals surface area contributed by atoms with Crippen LogP contribution in [0.25, 0.3) is 0 Å². The predicted octanol–water partition coefficient (Wildman–Crippen LogP) is 0.780. The molecule has 0 unspecified atom stereocenters. The molecule has 19 heavy (non-hydrogen) atoms. The number of benzene rings is 1. The van der Waals surface area contributed by atoms with Crippen LogP contribution in [0.2, 0.25) is 0 Å². The number of nitrogens with zero attached hydrogens (tertiary/aromatic N) is 1. The Bertz CT molecular complexity index is 470. The van der Waals surface area contributed by atoms with E-state index < -0.39 is 0 Å². The van der Waals surface area contributed by atoms with E-state index in [0.29, 0.717) is 13.2 Å². The number of piperazine rings is 1. The molecule has 1 amide bonds. The SMILES string of the molecule is O=C(CCc1ccc2c(c1)OCO2)N1CCNCC1. The van der Waals surface area contributed by atoms with Gasteiger partial charge in [0.15, 0.2) is 11.5 Å². The van der Waals surface area contributed by atoms with Crippen LogP contribution in [0, 0.1) is 0 Å². The fourth-order valence-corrected chi connectivity index (χ4v) is 2.42. The quantitative estimate of drug-likeness (QED) is 0.874. The summed E-state index contributed by atoms with van der Waals surface area (Å²) in [5, 5.41) is 3.25. The monoisotopic (exact) mass is 262 g/mol. The first kappa shape index (κ1) is 12.3. The van der Waals surface area contributed by atoms with Gasteiger partial charge in [0.2, 0.25) is 12.7 Å². The zero-order valence-corrected chi connectivity index (χ0v) is 10.9. The molecular weight excluding hydrogens is 244 g/mol. The lowest BCUT2D eigenvalue weighted by Crippen LogP contribution is -2.46. The van der Waals surface area contributed by atoms with Crippen LogP contribution in [0.3, 0.4) is 0 Å². The summed E-state index contributed by atoms with van der Waals surface area (Å²) in [5.41, 5.74) is 1.12. The molecule has 1 saturated heterocycles. The highest BCUT2D eigenvalue weighted by Gasteiger charge is 2.17. The number of fused-ring (bicyclic) bond motifs is 1. The van der Waals surface area contributed by atoms with Crippen molar-refractivity contribution >= 4 is 5.91 Å². The second kappa shape index (κ2) is 5.48. The first-order valence-corrected chi connectivity index (χ1v) is 6.70. The van der Waals surface area contributed by atoms with Crippen LogP contribution in [0.5, 0.6) is 11.5 Å². The third-order valence-electron chi connectivity index (χ3n) is 3.53. The van der Waals surface area contributed by atoms with Gasteiger partial charge >= 0.3 is 0 Å². The zero-order valence-electron chi connectivity index (χ0n) is 10.9. The molecule has 0 aromatic heterocycles. The summed E-state index contributed by atoms with van der Waals surface area (Å²) in [7, 11) is 0. The largest absolute Gasteiger partial charge is 0.454 e. The summed E-state index contributed by atoms with van der Waals surface area (Å²) >= 11 is 0. The van der Waals surface area contributed by atoms with E-state index in [2.05, 4.69) is 5.32 Å². The molecule has 1 N–H and O–H groups in total. The molecule has 5 heteroatoms. The van der Waals surface area contributed by atoms with Crippen molar-refractivity contribution in [1.82, 2.24) is 10.2 Å². The van der Waals surface area contributed by atoms with E-state index in [1.54, 1.807) is 0 Å². The van der Waals surface area contributed by atoms with Crippen molar-refractivity contribution in [1.29, 1.82) is 0 Å². The highest BCUT2D eigenvalue weighted by Crippen LogP contribution is 2.32. The van der Waals surface area contributed by atoms with Crippen molar-refractivity contribution in [2.24, 2.45) is 0 Å². The summed E-state index contributed by atoms with van der Waals surface area (Å²) in [6.45, 7) is 3.73. The van der Waals surface area contributed by atoms with Gasteiger partial charge in [-0.25, -0.2) is 0 Å². The molecule has 0 bridgehead atoms. The Morgan fingerprint density at radius 1 is 1.21 bits per heavy atom. The molecule has 5 nitrogen and oxygen atoms in total. The lowest BCUT2D eigenvalue weighted by molar-refractivity contribution is -0.131. The zero-order chi connectivity index (χ0) is 13.1. The number of carbonyl (C=O) groups is 1. The van der Waals surface area contributed by atoms with E-state index in [1.165, 1.54) is 0 Å². The molecule has 0 spiro atoms. The van der Waals surface area contributed by atoms with E-state index >= 15 is 0 Å². The molecule has 2 aliphatic rings. The minimum absolute atomic E-state index is 0.235. The van der Waals surface area contributed by atoms with Crippen LogP contribution >= 0.6 is 0 Å². The number of hydrogen-bond acceptors (Lipinski definition) is 4. The van der Waals surface area contributed by atoms with Crippen molar-refractivity contribution in [3.05, 3.63) is 23.8 Å². The fourth-order valence-electron chi connectivity index (χ4n) is 2.42. The Balaban J connectivity index is 1.55. The predicted molar refractivity (Wildman–Crippen MR) is 70.3 cm³/mol. The standard InChI is InChI=1S/C14H18N2O3/c17-14(16-7-5-15-6-8-16)4-2-11-1-3-12-13(9-11)19-10-18-12/h1,3,9,15H,2,4-8,10H2. The Morgan fingerprint density at radius 2 is 2.00 bits per heavy atom. The molecule has 3 rings (SSSR count). The van der Waals surface area contributed by atoms with Gasteiger partial charge in [0.1, 0.15) is 0 Å². The molecule has 0 saturated carbocycles. The number of amides is 1. The summed E-state index contributed by atoms with van der Waals surface area (Å²) in [6.07, 6.45) is 1.30. The van der Waals surface area contributed by atoms with Gasteiger partial charge in [-0.2, -0.15) is 0 Å². The second-order valence-corrected chi connectivity index (χ2v) is 4.82. The second-order valence-electron chi connectivity index (χ2n) is 4.82. The summed E-state index contributed by atoms with van der Waals surface area (Å²) in [4.78, 5) is 14.0. The van der Waals surface area contributed by atoms with Gasteiger partial charge < -0.3 is 19.7 Å². The Morgan fingerprint density at radius 3 is 2.84 bits per heavy atom. The number of nitrogens with one attached hydrogen (secondary N) is 1. The van der Waals surface area contributed by atoms with E-state index in [4.69, 9.17) is 9.47 Å². The maximum absolute atomic E-state index is 12.0. The van der Waals surface area contributed by atoms with Gasteiger partial charge in [0, 0.05) is 32.6 Å². The molecule has 1 aromatic carbocycles. The van der Waals surface area contributed by atoms with E-state index in [9.17, 15) is 4.79 Å². The van der Waals surface area contributed by atoms with Crippen molar-refractivity contribution in [3.63, 3.8) is 0 Å². The number of ether oxygens (including phenoxy) is 2. The van der Waals surface area contributed by atoms with Crippen LogP contribution in [0.15, 0.2) is 18.2 Å².